The number of allylic oxidation sites excluding steroid dienone is 1. The first-order valence-corrected chi connectivity index (χ1v) is 10.4. The largest absolute Gasteiger partial charge is 0.490 e. The maximum absolute atomic E-state index is 12.4. The predicted molar refractivity (Wildman–Crippen MR) is 123 cm³/mol. The maximum atomic E-state index is 12.4. The fraction of sp³-hybridized carbons (Fsp3) is 0.208. The van der Waals surface area contributed by atoms with Crippen molar-refractivity contribution < 1.29 is 19.1 Å². The second kappa shape index (κ2) is 8.88. The highest BCUT2D eigenvalue weighted by Gasteiger charge is 2.34. The van der Waals surface area contributed by atoms with Gasteiger partial charge in [0.1, 0.15) is 30.5 Å². The summed E-state index contributed by atoms with van der Waals surface area (Å²) in [7, 11) is 0. The Balaban J connectivity index is 1.40. The van der Waals surface area contributed by atoms with Gasteiger partial charge in [0, 0.05) is 6.08 Å². The molecule has 0 bridgehead atoms. The lowest BCUT2D eigenvalue weighted by molar-refractivity contribution is -0.114. The minimum atomic E-state index is -0.504. The third-order valence-electron chi connectivity index (χ3n) is 4.89. The lowest BCUT2D eigenvalue weighted by atomic mass is 10.1. The number of hydroxylamine groups is 2. The van der Waals surface area contributed by atoms with E-state index in [0.717, 1.165) is 16.9 Å². The van der Waals surface area contributed by atoms with Gasteiger partial charge in [0.25, 0.3) is 5.91 Å². The third kappa shape index (κ3) is 4.53. The Hall–Kier alpha value is -3.58. The van der Waals surface area contributed by atoms with Crippen LogP contribution in [0.15, 0.2) is 58.8 Å². The van der Waals surface area contributed by atoms with E-state index in [2.05, 4.69) is 4.99 Å². The molecule has 1 N–H and O–H groups in total. The Kier molecular flexibility index (Phi) is 6.01. The number of aliphatic imine (C=N–C) groups is 1. The first kappa shape index (κ1) is 21.6. The highest BCUT2D eigenvalue weighted by atomic mass is 35.5. The van der Waals surface area contributed by atoms with Crippen molar-refractivity contribution >= 4 is 35.3 Å². The van der Waals surface area contributed by atoms with Crippen LogP contribution in [0.25, 0.3) is 6.08 Å². The topological polar surface area (TPSA) is 84.2 Å². The molecule has 0 saturated carbocycles. The van der Waals surface area contributed by atoms with Gasteiger partial charge in [-0.05, 0) is 61.7 Å². The van der Waals surface area contributed by atoms with Crippen LogP contribution < -0.4 is 9.47 Å². The van der Waals surface area contributed by atoms with E-state index < -0.39 is 5.91 Å². The monoisotopic (exact) mass is 451 g/mol. The Bertz CT molecular complexity index is 1200. The number of amidine groups is 2. The molecule has 2 heterocycles. The minimum Gasteiger partial charge on any atom is -0.490 e. The summed E-state index contributed by atoms with van der Waals surface area (Å²) >= 11 is 6.37. The van der Waals surface area contributed by atoms with Gasteiger partial charge in [0.05, 0.1) is 10.6 Å². The molecule has 1 amide bonds. The number of aryl methyl sites for hydroxylation is 2. The van der Waals surface area contributed by atoms with Crippen LogP contribution in [0.5, 0.6) is 11.5 Å². The summed E-state index contributed by atoms with van der Waals surface area (Å²) in [5, 5.41) is 9.89. The molecule has 0 fully saturated rings. The molecule has 0 saturated heterocycles. The molecule has 0 unspecified atom stereocenters. The molecule has 0 atom stereocenters. The molecule has 2 aliphatic rings. The molecule has 7 nitrogen and oxygen atoms in total. The van der Waals surface area contributed by atoms with Crippen molar-refractivity contribution in [1.29, 1.82) is 5.41 Å². The summed E-state index contributed by atoms with van der Waals surface area (Å²) in [6.45, 7) is 6.45. The molecule has 2 aliphatic heterocycles. The second-order valence-corrected chi connectivity index (χ2v) is 7.89. The number of fused-ring (bicyclic) bond motifs is 1. The number of nitrogens with one attached hydrogen (secondary N) is 1. The summed E-state index contributed by atoms with van der Waals surface area (Å²) < 4.78 is 11.5. The van der Waals surface area contributed by atoms with Crippen molar-refractivity contribution in [3.05, 3.63) is 75.5 Å². The number of benzene rings is 2. The van der Waals surface area contributed by atoms with Gasteiger partial charge in [-0.15, -0.1) is 5.06 Å². The van der Waals surface area contributed by atoms with Crippen molar-refractivity contribution in [2.45, 2.75) is 20.8 Å². The molecule has 4 rings (SSSR count). The maximum Gasteiger partial charge on any atom is 0.282 e. The first-order valence-electron chi connectivity index (χ1n) is 10.0. The van der Waals surface area contributed by atoms with Gasteiger partial charge in [-0.2, -0.15) is 4.99 Å². The molecule has 0 aliphatic carbocycles. The number of ether oxygens (including phenoxy) is 2. The van der Waals surface area contributed by atoms with E-state index >= 15 is 0 Å². The normalized spacial score (nSPS) is 16.5. The fourth-order valence-corrected chi connectivity index (χ4v) is 3.50. The van der Waals surface area contributed by atoms with Gasteiger partial charge in [-0.3, -0.25) is 10.2 Å². The third-order valence-corrected chi connectivity index (χ3v) is 5.18. The quantitative estimate of drug-likeness (QED) is 0.500. The molecule has 2 aromatic rings. The average Bonchev–Trinajstić information content (AvgIpc) is 3.12. The molecular formula is C24H22ClN3O4. The molecule has 0 aromatic heterocycles. The summed E-state index contributed by atoms with van der Waals surface area (Å²) in [4.78, 5) is 21.8. The summed E-state index contributed by atoms with van der Waals surface area (Å²) in [5.74, 6) is 1.63. The number of rotatable bonds is 6. The smallest absolute Gasteiger partial charge is 0.282 e. The summed E-state index contributed by atoms with van der Waals surface area (Å²) in [5.41, 5.74) is 2.96. The van der Waals surface area contributed by atoms with Crippen LogP contribution in [0.1, 0.15) is 23.6 Å². The van der Waals surface area contributed by atoms with Gasteiger partial charge < -0.3 is 14.3 Å². The SMILES string of the molecule is CC1=CC2=NC(=O)/C(=C\c3ccc(OCCOc4cc(C)ccc4C)c(Cl)c3)C(=N)N2O1. The van der Waals surface area contributed by atoms with Crippen molar-refractivity contribution in [3.8, 4) is 11.5 Å². The highest BCUT2D eigenvalue weighted by Crippen LogP contribution is 2.28. The fourth-order valence-electron chi connectivity index (χ4n) is 3.26. The van der Waals surface area contributed by atoms with E-state index in [0.29, 0.717) is 41.1 Å². The van der Waals surface area contributed by atoms with E-state index in [1.807, 2.05) is 32.0 Å². The van der Waals surface area contributed by atoms with Crippen LogP contribution in [0, 0.1) is 19.3 Å². The van der Waals surface area contributed by atoms with Gasteiger partial charge in [0.15, 0.2) is 11.7 Å². The van der Waals surface area contributed by atoms with Crippen LogP contribution in [-0.2, 0) is 9.63 Å². The molecule has 164 valence electrons. The van der Waals surface area contributed by atoms with Crippen molar-refractivity contribution in [1.82, 2.24) is 5.06 Å². The number of hydrogen-bond donors (Lipinski definition) is 1. The van der Waals surface area contributed by atoms with E-state index in [9.17, 15) is 4.79 Å². The Morgan fingerprint density at radius 3 is 2.59 bits per heavy atom. The number of amides is 1. The van der Waals surface area contributed by atoms with Gasteiger partial charge in [-0.25, -0.2) is 0 Å². The van der Waals surface area contributed by atoms with Crippen molar-refractivity contribution in [2.75, 3.05) is 13.2 Å². The minimum absolute atomic E-state index is 0.0758. The number of halogens is 1. The van der Waals surface area contributed by atoms with Crippen molar-refractivity contribution in [3.63, 3.8) is 0 Å². The molecular weight excluding hydrogens is 430 g/mol. The lowest BCUT2D eigenvalue weighted by Gasteiger charge is -2.23. The van der Waals surface area contributed by atoms with Crippen LogP contribution in [0.4, 0.5) is 0 Å². The van der Waals surface area contributed by atoms with Crippen molar-refractivity contribution in [2.24, 2.45) is 4.99 Å². The van der Waals surface area contributed by atoms with Crippen LogP contribution in [0.3, 0.4) is 0 Å². The van der Waals surface area contributed by atoms with E-state index in [-0.39, 0.29) is 11.4 Å². The summed E-state index contributed by atoms with van der Waals surface area (Å²) in [6.07, 6.45) is 3.16. The van der Waals surface area contributed by atoms with E-state index in [1.165, 1.54) is 5.06 Å². The van der Waals surface area contributed by atoms with Gasteiger partial charge >= 0.3 is 0 Å². The second-order valence-electron chi connectivity index (χ2n) is 7.48. The average molecular weight is 452 g/mol. The number of carbonyl (C=O) groups is 1. The molecule has 32 heavy (non-hydrogen) atoms. The first-order chi connectivity index (χ1) is 15.3. The van der Waals surface area contributed by atoms with E-state index in [1.54, 1.807) is 37.3 Å². The molecule has 2 aromatic carbocycles. The van der Waals surface area contributed by atoms with Crippen LogP contribution in [-0.4, -0.2) is 35.9 Å². The van der Waals surface area contributed by atoms with Gasteiger partial charge in [0.2, 0.25) is 0 Å². The van der Waals surface area contributed by atoms with Crippen LogP contribution >= 0.6 is 11.6 Å². The number of hydrogen-bond acceptors (Lipinski definition) is 5. The lowest BCUT2D eigenvalue weighted by Crippen LogP contribution is -2.38. The predicted octanol–water partition coefficient (Wildman–Crippen LogP) is 4.87. The standard InChI is InChI=1S/C24H22ClN3O4/c1-14-4-5-15(2)21(10-14)31-9-8-30-20-7-6-17(13-19(20)25)12-18-23(26)28-22(27-24(18)29)11-16(3)32-28/h4-7,10-13,26H,8-9H2,1-3H3/b18-12-,26-23?. The van der Waals surface area contributed by atoms with Crippen LogP contribution in [0.2, 0.25) is 5.02 Å². The molecule has 0 spiro atoms. The zero-order valence-corrected chi connectivity index (χ0v) is 18.7. The zero-order valence-electron chi connectivity index (χ0n) is 17.9. The highest BCUT2D eigenvalue weighted by molar-refractivity contribution is 6.33. The Morgan fingerprint density at radius 1 is 1.09 bits per heavy atom. The Labute approximate surface area is 191 Å². The molecule has 0 radical (unpaired) electrons. The summed E-state index contributed by atoms with van der Waals surface area (Å²) in [6, 6.07) is 11.2. The number of nitrogens with zero attached hydrogens (tertiary/aromatic N) is 2. The Morgan fingerprint density at radius 2 is 1.84 bits per heavy atom. The molecule has 8 heteroatoms. The van der Waals surface area contributed by atoms with E-state index in [4.69, 9.17) is 31.3 Å². The zero-order chi connectivity index (χ0) is 22.8. The van der Waals surface area contributed by atoms with Gasteiger partial charge in [-0.1, -0.05) is 29.8 Å². The number of carbonyl (C=O) groups excluding carboxylic acids is 1.